The van der Waals surface area contributed by atoms with Crippen LogP contribution in [-0.2, 0) is 23.6 Å². The van der Waals surface area contributed by atoms with Crippen molar-refractivity contribution in [3.05, 3.63) is 112 Å². The molecule has 1 fully saturated rings. The van der Waals surface area contributed by atoms with Crippen LogP contribution in [0.3, 0.4) is 0 Å². The highest BCUT2D eigenvalue weighted by Gasteiger charge is 2.25. The summed E-state index contributed by atoms with van der Waals surface area (Å²) < 4.78 is 35.8. The number of benzene rings is 3. The Morgan fingerprint density at radius 1 is 0.909 bits per heavy atom. The van der Waals surface area contributed by atoms with Gasteiger partial charge in [-0.05, 0) is 54.1 Å². The summed E-state index contributed by atoms with van der Waals surface area (Å²) in [5.74, 6) is 0.821. The van der Waals surface area contributed by atoms with Gasteiger partial charge in [0, 0.05) is 56.7 Å². The van der Waals surface area contributed by atoms with Gasteiger partial charge in [-0.25, -0.2) is 13.4 Å². The highest BCUT2D eigenvalue weighted by atomic mass is 35.5. The molecule has 1 N–H and O–H groups in total. The van der Waals surface area contributed by atoms with Crippen LogP contribution < -0.4 is 9.46 Å². The van der Waals surface area contributed by atoms with E-state index >= 15 is 0 Å². The molecule has 0 atom stereocenters. The van der Waals surface area contributed by atoms with Gasteiger partial charge in [-0.15, -0.1) is 0 Å². The Hall–Kier alpha value is -4.09. The summed E-state index contributed by atoms with van der Waals surface area (Å²) in [7, 11) is -2.00. The number of hydrogen-bond acceptors (Lipinski definition) is 6. The van der Waals surface area contributed by atoms with Gasteiger partial charge in [0.05, 0.1) is 26.8 Å². The summed E-state index contributed by atoms with van der Waals surface area (Å²) >= 11 is 11.9. The van der Waals surface area contributed by atoms with E-state index in [4.69, 9.17) is 27.9 Å². The van der Waals surface area contributed by atoms with Crippen molar-refractivity contribution in [3.63, 3.8) is 0 Å². The molecule has 6 rings (SSSR count). The summed E-state index contributed by atoms with van der Waals surface area (Å²) in [4.78, 5) is 22.0. The number of aryl methyl sites for hydroxylation is 1. The van der Waals surface area contributed by atoms with Crippen molar-refractivity contribution in [1.29, 1.82) is 0 Å². The smallest absolute Gasteiger partial charge is 0.270 e. The molecular formula is C32H29Cl2N5O4S. The van der Waals surface area contributed by atoms with Crippen LogP contribution >= 0.6 is 23.2 Å². The fraction of sp³-hybridized carbons (Fsp3) is 0.188. The van der Waals surface area contributed by atoms with Crippen molar-refractivity contribution in [2.75, 3.05) is 30.9 Å². The average Bonchev–Trinajstić information content (AvgIpc) is 3.35. The fourth-order valence-corrected chi connectivity index (χ4v) is 6.62. The molecule has 5 aromatic rings. The van der Waals surface area contributed by atoms with E-state index in [0.717, 1.165) is 30.5 Å². The van der Waals surface area contributed by atoms with Gasteiger partial charge in [-0.2, -0.15) is 0 Å². The molecule has 1 saturated heterocycles. The van der Waals surface area contributed by atoms with Crippen molar-refractivity contribution in [3.8, 4) is 11.6 Å². The molecule has 1 aliphatic heterocycles. The molecule has 1 aliphatic rings. The summed E-state index contributed by atoms with van der Waals surface area (Å²) in [6, 6.07) is 25.0. The van der Waals surface area contributed by atoms with Crippen LogP contribution in [0.2, 0.25) is 10.0 Å². The maximum absolute atomic E-state index is 13.5. The van der Waals surface area contributed by atoms with E-state index in [-0.39, 0.29) is 32.4 Å². The first-order valence-electron chi connectivity index (χ1n) is 13.9. The lowest BCUT2D eigenvalue weighted by atomic mass is 10.2. The lowest BCUT2D eigenvalue weighted by Crippen LogP contribution is -2.48. The molecule has 0 spiro atoms. The third-order valence-electron chi connectivity index (χ3n) is 7.55. The van der Waals surface area contributed by atoms with Gasteiger partial charge in [0.25, 0.3) is 15.9 Å². The number of fused-ring (bicyclic) bond motifs is 1. The fourth-order valence-electron chi connectivity index (χ4n) is 5.19. The number of amides is 1. The number of carbonyl (C=O) groups is 1. The minimum Gasteiger partial charge on any atom is -0.439 e. The Balaban J connectivity index is 1.10. The number of piperazine rings is 1. The summed E-state index contributed by atoms with van der Waals surface area (Å²) in [6.07, 6.45) is 1.36. The second-order valence-corrected chi connectivity index (χ2v) is 13.0. The summed E-state index contributed by atoms with van der Waals surface area (Å²) in [5.41, 5.74) is 3.05. The summed E-state index contributed by atoms with van der Waals surface area (Å²) in [6.45, 7) is 3.88. The first-order valence-corrected chi connectivity index (χ1v) is 16.2. The second kappa shape index (κ2) is 12.5. The SMILES string of the molecule is Cn1c(C(=O)N2CCN(Cc3ccccc3)CC2)cc2cc(Oc3ccc(NS(=O)(=O)c4ccc(Cl)c(Cl)c4)cn3)ccc21. The van der Waals surface area contributed by atoms with E-state index in [1.807, 2.05) is 59.0 Å². The van der Waals surface area contributed by atoms with Crippen LogP contribution in [-0.4, -0.2) is 59.9 Å². The average molecular weight is 651 g/mol. The minimum absolute atomic E-state index is 0.00566. The zero-order chi connectivity index (χ0) is 30.8. The van der Waals surface area contributed by atoms with E-state index in [2.05, 4.69) is 26.7 Å². The number of nitrogens with zero attached hydrogens (tertiary/aromatic N) is 4. The molecule has 0 aliphatic carbocycles. The van der Waals surface area contributed by atoms with Gasteiger partial charge < -0.3 is 14.2 Å². The van der Waals surface area contributed by atoms with Gasteiger partial charge in [0.15, 0.2) is 0 Å². The topological polar surface area (TPSA) is 96.8 Å². The van der Waals surface area contributed by atoms with Gasteiger partial charge in [0.2, 0.25) is 5.88 Å². The maximum atomic E-state index is 13.5. The molecule has 1 amide bonds. The van der Waals surface area contributed by atoms with E-state index in [9.17, 15) is 13.2 Å². The standard InChI is InChI=1S/C32H29Cl2N5O4S/c1-37-29-11-8-25(43-31-12-7-24(20-35-31)36-44(41,42)26-9-10-27(33)28(34)19-26)17-23(29)18-30(37)32(40)39-15-13-38(14-16-39)21-22-5-3-2-4-6-22/h2-12,17-20,36H,13-16,21H2,1H3. The number of halogens is 2. The van der Waals surface area contributed by atoms with Gasteiger partial charge in [0.1, 0.15) is 11.4 Å². The monoisotopic (exact) mass is 649 g/mol. The molecular weight excluding hydrogens is 621 g/mol. The Bertz CT molecular complexity index is 1920. The Kier molecular flexibility index (Phi) is 8.50. The van der Waals surface area contributed by atoms with Gasteiger partial charge >= 0.3 is 0 Å². The number of rotatable bonds is 8. The van der Waals surface area contributed by atoms with Crippen molar-refractivity contribution < 1.29 is 17.9 Å². The van der Waals surface area contributed by atoms with E-state index in [1.54, 1.807) is 12.1 Å². The van der Waals surface area contributed by atoms with E-state index < -0.39 is 10.0 Å². The first kappa shape index (κ1) is 30.0. The first-order chi connectivity index (χ1) is 21.2. The van der Waals surface area contributed by atoms with Crippen LogP contribution in [0.5, 0.6) is 11.6 Å². The zero-order valence-corrected chi connectivity index (χ0v) is 26.1. The molecule has 9 nitrogen and oxygen atoms in total. The van der Waals surface area contributed by atoms with E-state index in [1.165, 1.54) is 30.0 Å². The van der Waals surface area contributed by atoms with Crippen LogP contribution in [0, 0.1) is 0 Å². The Labute approximate surface area is 265 Å². The highest BCUT2D eigenvalue weighted by molar-refractivity contribution is 7.92. The van der Waals surface area contributed by atoms with Crippen molar-refractivity contribution >= 4 is 55.7 Å². The molecule has 0 saturated carbocycles. The van der Waals surface area contributed by atoms with Crippen LogP contribution in [0.15, 0.2) is 96.0 Å². The molecule has 2 aromatic heterocycles. The van der Waals surface area contributed by atoms with Gasteiger partial charge in [-0.1, -0.05) is 53.5 Å². The predicted octanol–water partition coefficient (Wildman–Crippen LogP) is 6.43. The lowest BCUT2D eigenvalue weighted by molar-refractivity contribution is 0.0619. The quantitative estimate of drug-likeness (QED) is 0.208. The highest BCUT2D eigenvalue weighted by Crippen LogP contribution is 2.29. The third kappa shape index (κ3) is 6.53. The lowest BCUT2D eigenvalue weighted by Gasteiger charge is -2.34. The number of aromatic nitrogens is 2. The van der Waals surface area contributed by atoms with Crippen molar-refractivity contribution in [1.82, 2.24) is 19.4 Å². The summed E-state index contributed by atoms with van der Waals surface area (Å²) in [5, 5.41) is 1.27. The second-order valence-electron chi connectivity index (χ2n) is 10.5. The molecule has 12 heteroatoms. The van der Waals surface area contributed by atoms with Crippen molar-refractivity contribution in [2.24, 2.45) is 7.05 Å². The number of ether oxygens (including phenoxy) is 1. The molecule has 0 bridgehead atoms. The number of pyridine rings is 1. The van der Waals surface area contributed by atoms with Crippen LogP contribution in [0.1, 0.15) is 16.1 Å². The predicted molar refractivity (Wildman–Crippen MR) is 172 cm³/mol. The molecule has 0 unspecified atom stereocenters. The number of anilines is 1. The van der Waals surface area contributed by atoms with Crippen molar-refractivity contribution in [2.45, 2.75) is 11.4 Å². The normalized spacial score (nSPS) is 14.1. The molecule has 3 aromatic carbocycles. The third-order valence-corrected chi connectivity index (χ3v) is 9.67. The molecule has 44 heavy (non-hydrogen) atoms. The zero-order valence-electron chi connectivity index (χ0n) is 23.8. The Morgan fingerprint density at radius 2 is 1.68 bits per heavy atom. The van der Waals surface area contributed by atoms with E-state index in [0.29, 0.717) is 24.5 Å². The number of nitrogens with one attached hydrogen (secondary N) is 1. The Morgan fingerprint density at radius 3 is 2.39 bits per heavy atom. The largest absolute Gasteiger partial charge is 0.439 e. The van der Waals surface area contributed by atoms with Gasteiger partial charge in [-0.3, -0.25) is 14.4 Å². The maximum Gasteiger partial charge on any atom is 0.270 e. The number of carbonyl (C=O) groups excluding carboxylic acids is 1. The number of hydrogen-bond donors (Lipinski definition) is 1. The van der Waals surface area contributed by atoms with Crippen LogP contribution in [0.25, 0.3) is 10.9 Å². The molecule has 226 valence electrons. The minimum atomic E-state index is -3.89. The molecule has 3 heterocycles. The molecule has 0 radical (unpaired) electrons. The van der Waals surface area contributed by atoms with Crippen LogP contribution in [0.4, 0.5) is 5.69 Å². The number of sulfonamides is 1.